The fourth-order valence-corrected chi connectivity index (χ4v) is 4.17. The molecule has 192 valence electrons. The molecular weight excluding hydrogens is 488 g/mol. The molecule has 5 rings (SSSR count). The molecule has 39 heavy (non-hydrogen) atoms. The Morgan fingerprint density at radius 1 is 0.462 bits per heavy atom. The third-order valence-electron chi connectivity index (χ3n) is 6.01. The lowest BCUT2D eigenvalue weighted by molar-refractivity contribution is 0.183. The smallest absolute Gasteiger partial charge is 0.410 e. The topological polar surface area (TPSA) is 76.7 Å². The molecule has 0 spiro atoms. The molecule has 0 heterocycles. The van der Waals surface area contributed by atoms with Gasteiger partial charge in [-0.2, -0.15) is 0 Å². The lowest BCUT2D eigenvalue weighted by atomic mass is 10.1. The van der Waals surface area contributed by atoms with Crippen LogP contribution < -0.4 is 20.1 Å². The molecule has 5 aromatic carbocycles. The average molecular weight is 515 g/mol. The molecule has 0 radical (unpaired) electrons. The van der Waals surface area contributed by atoms with Gasteiger partial charge in [-0.3, -0.25) is 10.6 Å². The Hall–Kier alpha value is -5.36. The Balaban J connectivity index is 1.33. The number of hydrogen-bond acceptors (Lipinski definition) is 4. The van der Waals surface area contributed by atoms with Crippen LogP contribution in [0.25, 0.3) is 22.3 Å². The van der Waals surface area contributed by atoms with Crippen molar-refractivity contribution in [3.05, 3.63) is 145 Å². The van der Waals surface area contributed by atoms with E-state index in [1.165, 1.54) is 0 Å². The van der Waals surface area contributed by atoms with Gasteiger partial charge >= 0.3 is 12.2 Å². The van der Waals surface area contributed by atoms with Gasteiger partial charge in [0.05, 0.1) is 0 Å². The van der Waals surface area contributed by atoms with Crippen molar-refractivity contribution >= 4 is 12.2 Å². The summed E-state index contributed by atoms with van der Waals surface area (Å²) in [4.78, 5) is 26.1. The predicted molar refractivity (Wildman–Crippen MR) is 151 cm³/mol. The Morgan fingerprint density at radius 3 is 1.26 bits per heavy atom. The average Bonchev–Trinajstić information content (AvgIpc) is 2.99. The minimum absolute atomic E-state index is 0.396. The van der Waals surface area contributed by atoms with E-state index in [0.717, 1.165) is 22.3 Å². The summed E-state index contributed by atoms with van der Waals surface area (Å²) in [5, 5.41) is 5.50. The standard InChI is InChI=1S/C33H26N2O4/c36-32(38-29-22-12-10-20-27(29)24-14-4-1-5-15-24)34-31(26-18-8-3-9-19-26)35-33(37)39-30-23-13-11-21-28(30)25-16-6-2-7-17-25/h1-23,31H,(H,34,36)(H,35,37). The zero-order valence-corrected chi connectivity index (χ0v) is 21.0. The summed E-state index contributed by atoms with van der Waals surface area (Å²) < 4.78 is 11.4. The van der Waals surface area contributed by atoms with Crippen molar-refractivity contribution in [3.63, 3.8) is 0 Å². The lowest BCUT2D eigenvalue weighted by Crippen LogP contribution is -2.43. The Labute approximate surface area is 226 Å². The summed E-state index contributed by atoms with van der Waals surface area (Å²) in [6, 6.07) is 42.9. The number of benzene rings is 5. The van der Waals surface area contributed by atoms with Gasteiger partial charge in [-0.25, -0.2) is 9.59 Å². The molecule has 0 unspecified atom stereocenters. The predicted octanol–water partition coefficient (Wildman–Crippen LogP) is 7.60. The lowest BCUT2D eigenvalue weighted by Gasteiger charge is -2.21. The number of ether oxygens (including phenoxy) is 2. The monoisotopic (exact) mass is 514 g/mol. The molecule has 0 saturated carbocycles. The van der Waals surface area contributed by atoms with E-state index in [4.69, 9.17) is 9.47 Å². The fraction of sp³-hybridized carbons (Fsp3) is 0.0303. The van der Waals surface area contributed by atoms with Crippen LogP contribution in [0.3, 0.4) is 0 Å². The number of nitrogens with one attached hydrogen (secondary N) is 2. The number of rotatable bonds is 7. The summed E-state index contributed by atoms with van der Waals surface area (Å²) in [5.74, 6) is 0.791. The molecule has 6 heteroatoms. The molecule has 0 bridgehead atoms. The Kier molecular flexibility index (Phi) is 7.95. The zero-order chi connectivity index (χ0) is 26.9. The summed E-state index contributed by atoms with van der Waals surface area (Å²) >= 11 is 0. The first-order valence-corrected chi connectivity index (χ1v) is 12.5. The van der Waals surface area contributed by atoms with E-state index in [2.05, 4.69) is 10.6 Å². The number of amides is 2. The van der Waals surface area contributed by atoms with E-state index in [0.29, 0.717) is 17.1 Å². The molecule has 0 fully saturated rings. The minimum Gasteiger partial charge on any atom is -0.410 e. The maximum Gasteiger partial charge on any atom is 0.414 e. The molecule has 6 nitrogen and oxygen atoms in total. The van der Waals surface area contributed by atoms with Crippen molar-refractivity contribution in [1.29, 1.82) is 0 Å². The first-order chi connectivity index (χ1) is 19.2. The normalized spacial score (nSPS) is 10.5. The number of carbonyl (C=O) groups excluding carboxylic acids is 2. The van der Waals surface area contributed by atoms with Crippen LogP contribution in [-0.2, 0) is 0 Å². The van der Waals surface area contributed by atoms with E-state index < -0.39 is 18.4 Å². The van der Waals surface area contributed by atoms with Crippen LogP contribution in [0, 0.1) is 0 Å². The van der Waals surface area contributed by atoms with Crippen LogP contribution in [0.1, 0.15) is 11.7 Å². The molecule has 5 aromatic rings. The largest absolute Gasteiger partial charge is 0.414 e. The van der Waals surface area contributed by atoms with E-state index in [1.807, 2.05) is 103 Å². The molecule has 0 atom stereocenters. The third-order valence-corrected chi connectivity index (χ3v) is 6.01. The number of carbonyl (C=O) groups is 2. The van der Waals surface area contributed by atoms with Crippen LogP contribution in [-0.4, -0.2) is 12.2 Å². The molecule has 2 N–H and O–H groups in total. The van der Waals surface area contributed by atoms with Gasteiger partial charge in [0, 0.05) is 11.1 Å². The van der Waals surface area contributed by atoms with Crippen LogP contribution in [0.15, 0.2) is 140 Å². The van der Waals surface area contributed by atoms with E-state index >= 15 is 0 Å². The van der Waals surface area contributed by atoms with Gasteiger partial charge in [0.2, 0.25) is 0 Å². The first kappa shape index (κ1) is 25.3. The van der Waals surface area contributed by atoms with Crippen molar-refractivity contribution in [1.82, 2.24) is 10.6 Å². The highest BCUT2D eigenvalue weighted by atomic mass is 16.6. The maximum atomic E-state index is 13.0. The van der Waals surface area contributed by atoms with Crippen LogP contribution in [0.5, 0.6) is 11.5 Å². The van der Waals surface area contributed by atoms with Gasteiger partial charge in [0.15, 0.2) is 0 Å². The zero-order valence-electron chi connectivity index (χ0n) is 21.0. The summed E-state index contributed by atoms with van der Waals surface area (Å²) in [6.07, 6.45) is -2.35. The second-order valence-electron chi connectivity index (χ2n) is 8.64. The highest BCUT2D eigenvalue weighted by Gasteiger charge is 2.21. The van der Waals surface area contributed by atoms with Gasteiger partial charge in [0.1, 0.15) is 17.7 Å². The van der Waals surface area contributed by atoms with Crippen LogP contribution in [0.4, 0.5) is 9.59 Å². The van der Waals surface area contributed by atoms with E-state index in [1.54, 1.807) is 36.4 Å². The third kappa shape index (κ3) is 6.50. The van der Waals surface area contributed by atoms with Crippen molar-refractivity contribution in [3.8, 4) is 33.8 Å². The van der Waals surface area contributed by atoms with Crippen LogP contribution in [0.2, 0.25) is 0 Å². The minimum atomic E-state index is -0.904. The highest BCUT2D eigenvalue weighted by molar-refractivity contribution is 5.79. The van der Waals surface area contributed by atoms with E-state index in [9.17, 15) is 9.59 Å². The Morgan fingerprint density at radius 2 is 0.821 bits per heavy atom. The molecule has 2 amide bonds. The number of hydrogen-bond donors (Lipinski definition) is 2. The molecule has 0 aliphatic heterocycles. The SMILES string of the molecule is O=C(NC(NC(=O)Oc1ccccc1-c1ccccc1)c1ccccc1)Oc1ccccc1-c1ccccc1. The second kappa shape index (κ2) is 12.3. The van der Waals surface area contributed by atoms with Crippen molar-refractivity contribution < 1.29 is 19.1 Å². The maximum absolute atomic E-state index is 13.0. The number of para-hydroxylation sites is 2. The highest BCUT2D eigenvalue weighted by Crippen LogP contribution is 2.31. The van der Waals surface area contributed by atoms with Gasteiger partial charge in [0.25, 0.3) is 0 Å². The molecule has 0 aliphatic carbocycles. The van der Waals surface area contributed by atoms with Gasteiger partial charge in [-0.1, -0.05) is 127 Å². The fourth-order valence-electron chi connectivity index (χ4n) is 4.17. The van der Waals surface area contributed by atoms with Gasteiger partial charge in [-0.05, 0) is 28.8 Å². The van der Waals surface area contributed by atoms with E-state index in [-0.39, 0.29) is 0 Å². The molecule has 0 aliphatic rings. The Bertz CT molecular complexity index is 1440. The summed E-state index contributed by atoms with van der Waals surface area (Å²) in [7, 11) is 0. The van der Waals surface area contributed by atoms with Crippen molar-refractivity contribution in [2.75, 3.05) is 0 Å². The van der Waals surface area contributed by atoms with Crippen molar-refractivity contribution in [2.45, 2.75) is 6.17 Å². The first-order valence-electron chi connectivity index (χ1n) is 12.5. The summed E-state index contributed by atoms with van der Waals surface area (Å²) in [6.45, 7) is 0. The molecule has 0 aromatic heterocycles. The second-order valence-corrected chi connectivity index (χ2v) is 8.64. The molecule has 0 saturated heterocycles. The quantitative estimate of drug-likeness (QED) is 0.219. The molecular formula is C33H26N2O4. The van der Waals surface area contributed by atoms with Crippen LogP contribution >= 0.6 is 0 Å². The summed E-state index contributed by atoms with van der Waals surface area (Å²) in [5.41, 5.74) is 4.03. The van der Waals surface area contributed by atoms with Crippen molar-refractivity contribution in [2.24, 2.45) is 0 Å². The van der Waals surface area contributed by atoms with Gasteiger partial charge in [-0.15, -0.1) is 0 Å². The van der Waals surface area contributed by atoms with Gasteiger partial charge < -0.3 is 9.47 Å².